The first-order chi connectivity index (χ1) is 17.6. The number of halogens is 3. The number of nitrogens with zero attached hydrogens (tertiary/aromatic N) is 1. The minimum Gasteiger partial charge on any atom is -0.349 e. The van der Waals surface area contributed by atoms with Gasteiger partial charge < -0.3 is 4.74 Å². The van der Waals surface area contributed by atoms with Crippen molar-refractivity contribution in [2.24, 2.45) is 11.8 Å². The van der Waals surface area contributed by atoms with E-state index in [2.05, 4.69) is 0 Å². The molecule has 0 N–H and O–H groups in total. The summed E-state index contributed by atoms with van der Waals surface area (Å²) >= 11 is 0. The summed E-state index contributed by atoms with van der Waals surface area (Å²) < 4.78 is 45.5. The fourth-order valence-electron chi connectivity index (χ4n) is 5.76. The first-order valence-corrected chi connectivity index (χ1v) is 11.5. The highest BCUT2D eigenvalue weighted by Crippen LogP contribution is 2.58. The molecule has 3 atom stereocenters. The molecule has 6 nitrogen and oxygen atoms in total. The van der Waals surface area contributed by atoms with Crippen molar-refractivity contribution in [2.45, 2.75) is 24.8 Å². The molecule has 2 aliphatic heterocycles. The summed E-state index contributed by atoms with van der Waals surface area (Å²) in [5.74, 6) is -5.70. The highest BCUT2D eigenvalue weighted by molar-refractivity contribution is 6.37. The number of carbonyl (C=O) groups is 4. The van der Waals surface area contributed by atoms with Crippen molar-refractivity contribution in [3.63, 3.8) is 0 Å². The SMILES string of the molecule is Cc1ccccc1[C@H]1OC2(C(=O)c3ccccc3C2=O)[C@H]2C(=O)N(c3ccc(C(F)(F)F)cc3)C(=O)[C@@H]12. The monoisotopic (exact) mass is 505 g/mol. The van der Waals surface area contributed by atoms with E-state index in [-0.39, 0.29) is 16.8 Å². The number of imide groups is 1. The molecule has 0 unspecified atom stereocenters. The lowest BCUT2D eigenvalue weighted by atomic mass is 9.77. The van der Waals surface area contributed by atoms with E-state index < -0.39 is 58.7 Å². The van der Waals surface area contributed by atoms with Crippen molar-refractivity contribution in [2.75, 3.05) is 4.90 Å². The lowest BCUT2D eigenvalue weighted by Gasteiger charge is -2.27. The van der Waals surface area contributed by atoms with Gasteiger partial charge in [-0.1, -0.05) is 48.5 Å². The largest absolute Gasteiger partial charge is 0.416 e. The number of ether oxygens (including phenoxy) is 1. The van der Waals surface area contributed by atoms with E-state index in [4.69, 9.17) is 4.74 Å². The zero-order chi connectivity index (χ0) is 26.3. The quantitative estimate of drug-likeness (QED) is 0.372. The molecule has 3 aromatic carbocycles. The van der Waals surface area contributed by atoms with E-state index in [1.807, 2.05) is 0 Å². The van der Waals surface area contributed by atoms with Crippen LogP contribution in [0.5, 0.6) is 0 Å². The van der Waals surface area contributed by atoms with Gasteiger partial charge in [-0.3, -0.25) is 19.2 Å². The van der Waals surface area contributed by atoms with Crippen LogP contribution in [0.3, 0.4) is 0 Å². The first-order valence-electron chi connectivity index (χ1n) is 11.5. The highest BCUT2D eigenvalue weighted by atomic mass is 19.4. The Morgan fingerprint density at radius 3 is 1.92 bits per heavy atom. The molecule has 2 amide bonds. The summed E-state index contributed by atoms with van der Waals surface area (Å²) in [6.45, 7) is 1.78. The minimum atomic E-state index is -4.60. The smallest absolute Gasteiger partial charge is 0.349 e. The van der Waals surface area contributed by atoms with Gasteiger partial charge in [0.25, 0.3) is 0 Å². The van der Waals surface area contributed by atoms with Gasteiger partial charge in [0, 0.05) is 11.1 Å². The van der Waals surface area contributed by atoms with Crippen LogP contribution >= 0.6 is 0 Å². The number of hydrogen-bond donors (Lipinski definition) is 0. The Balaban J connectivity index is 1.51. The summed E-state index contributed by atoms with van der Waals surface area (Å²) in [7, 11) is 0. The number of hydrogen-bond acceptors (Lipinski definition) is 5. The molecular formula is C28H18F3NO5. The van der Waals surface area contributed by atoms with Gasteiger partial charge in [0.05, 0.1) is 29.2 Å². The van der Waals surface area contributed by atoms with Crippen LogP contribution in [-0.2, 0) is 20.5 Å². The standard InChI is InChI=1S/C28H18F3NO5/c1-14-6-2-3-7-17(14)22-20-21(27(37-22)23(33)18-8-4-5-9-19(18)24(27)34)26(36)32(25(20)35)16-12-10-15(11-13-16)28(29,30)31/h2-13,20-22H,1H3/t20-,21-,22-/m1/s1. The summed E-state index contributed by atoms with van der Waals surface area (Å²) in [6, 6.07) is 16.7. The van der Waals surface area contributed by atoms with Crippen molar-refractivity contribution in [1.29, 1.82) is 0 Å². The average Bonchev–Trinajstić information content (AvgIpc) is 3.44. The molecule has 0 saturated carbocycles. The summed E-state index contributed by atoms with van der Waals surface area (Å²) in [4.78, 5) is 55.9. The Labute approximate surface area is 208 Å². The van der Waals surface area contributed by atoms with Gasteiger partial charge >= 0.3 is 6.18 Å². The highest BCUT2D eigenvalue weighted by Gasteiger charge is 2.74. The Hall–Kier alpha value is -4.11. The fourth-order valence-corrected chi connectivity index (χ4v) is 5.76. The Bertz CT molecular complexity index is 1480. The molecule has 2 heterocycles. The molecule has 186 valence electrons. The van der Waals surface area contributed by atoms with Crippen LogP contribution in [0.2, 0.25) is 0 Å². The molecule has 3 aliphatic rings. The molecule has 2 saturated heterocycles. The molecule has 9 heteroatoms. The van der Waals surface area contributed by atoms with Crippen molar-refractivity contribution in [3.8, 4) is 0 Å². The van der Waals surface area contributed by atoms with Crippen LogP contribution in [-0.4, -0.2) is 29.0 Å². The van der Waals surface area contributed by atoms with Crippen molar-refractivity contribution in [1.82, 2.24) is 0 Å². The van der Waals surface area contributed by atoms with Gasteiger partial charge in [-0.2, -0.15) is 13.2 Å². The number of anilines is 1. The van der Waals surface area contributed by atoms with Crippen LogP contribution in [0, 0.1) is 18.8 Å². The van der Waals surface area contributed by atoms with Crippen molar-refractivity contribution < 1.29 is 37.1 Å². The summed E-state index contributed by atoms with van der Waals surface area (Å²) in [5.41, 5.74) is -1.78. The van der Waals surface area contributed by atoms with Crippen molar-refractivity contribution >= 4 is 29.1 Å². The number of alkyl halides is 3. The zero-order valence-corrected chi connectivity index (χ0v) is 19.3. The van der Waals surface area contributed by atoms with Gasteiger partial charge in [0.1, 0.15) is 0 Å². The zero-order valence-electron chi connectivity index (χ0n) is 19.3. The second-order valence-electron chi connectivity index (χ2n) is 9.39. The predicted molar refractivity (Wildman–Crippen MR) is 124 cm³/mol. The van der Waals surface area contributed by atoms with Crippen LogP contribution in [0.1, 0.15) is 43.5 Å². The number of benzene rings is 3. The van der Waals surface area contributed by atoms with Crippen LogP contribution in [0.15, 0.2) is 72.8 Å². The maximum atomic E-state index is 13.8. The lowest BCUT2D eigenvalue weighted by molar-refractivity contribution is -0.137. The van der Waals surface area contributed by atoms with Gasteiger partial charge in [-0.05, 0) is 42.3 Å². The average molecular weight is 505 g/mol. The van der Waals surface area contributed by atoms with E-state index in [1.165, 1.54) is 12.1 Å². The summed E-state index contributed by atoms with van der Waals surface area (Å²) in [6.07, 6.45) is -5.69. The van der Waals surface area contributed by atoms with Gasteiger partial charge in [-0.15, -0.1) is 0 Å². The predicted octanol–water partition coefficient (Wildman–Crippen LogP) is 4.71. The second-order valence-corrected chi connectivity index (χ2v) is 9.39. The van der Waals surface area contributed by atoms with Crippen LogP contribution in [0.25, 0.3) is 0 Å². The second kappa shape index (κ2) is 7.69. The minimum absolute atomic E-state index is 0.0773. The van der Waals surface area contributed by atoms with E-state index in [9.17, 15) is 32.3 Å². The molecule has 1 aliphatic carbocycles. The van der Waals surface area contributed by atoms with E-state index in [1.54, 1.807) is 43.3 Å². The molecule has 6 rings (SSSR count). The third kappa shape index (κ3) is 3.03. The molecule has 37 heavy (non-hydrogen) atoms. The molecular weight excluding hydrogens is 487 g/mol. The number of Topliss-reactive ketones (excluding diaryl/α,β-unsaturated/α-hetero) is 2. The molecule has 0 radical (unpaired) electrons. The maximum Gasteiger partial charge on any atom is 0.416 e. The number of carbonyl (C=O) groups excluding carboxylic acids is 4. The number of aryl methyl sites for hydroxylation is 1. The molecule has 2 fully saturated rings. The Morgan fingerprint density at radius 1 is 0.784 bits per heavy atom. The molecule has 1 spiro atoms. The van der Waals surface area contributed by atoms with Gasteiger partial charge in [-0.25, -0.2) is 4.90 Å². The fraction of sp³-hybridized carbons (Fsp3) is 0.214. The van der Waals surface area contributed by atoms with Gasteiger partial charge in [0.2, 0.25) is 29.0 Å². The summed E-state index contributed by atoms with van der Waals surface area (Å²) in [5, 5.41) is 0. The topological polar surface area (TPSA) is 80.8 Å². The third-order valence-corrected chi connectivity index (χ3v) is 7.47. The number of amides is 2. The van der Waals surface area contributed by atoms with Crippen LogP contribution in [0.4, 0.5) is 18.9 Å². The van der Waals surface area contributed by atoms with E-state index >= 15 is 0 Å². The molecule has 0 bridgehead atoms. The Morgan fingerprint density at radius 2 is 1.35 bits per heavy atom. The van der Waals surface area contributed by atoms with E-state index in [0.717, 1.165) is 34.7 Å². The van der Waals surface area contributed by atoms with Gasteiger partial charge in [0.15, 0.2) is 0 Å². The molecule has 3 aromatic rings. The van der Waals surface area contributed by atoms with E-state index in [0.29, 0.717) is 5.56 Å². The third-order valence-electron chi connectivity index (χ3n) is 7.47. The lowest BCUT2D eigenvalue weighted by Crippen LogP contribution is -2.51. The Kier molecular flexibility index (Phi) is 4.84. The van der Waals surface area contributed by atoms with Crippen LogP contribution < -0.4 is 4.90 Å². The van der Waals surface area contributed by atoms with Crippen molar-refractivity contribution in [3.05, 3.63) is 101 Å². The number of rotatable bonds is 2. The number of fused-ring (bicyclic) bond motifs is 3. The molecule has 0 aromatic heterocycles. The first kappa shape index (κ1) is 23.3. The number of ketones is 2. The maximum absolute atomic E-state index is 13.8. The normalized spacial score (nSPS) is 24.2.